The number of carboxylic acid groups (broad SMARTS) is 1. The number of aromatic nitrogens is 1. The third kappa shape index (κ3) is 15.6. The van der Waals surface area contributed by atoms with E-state index in [4.69, 9.17) is 22.0 Å². The number of nitrogens with zero attached hydrogens (tertiary/aromatic N) is 1. The number of benzene rings is 2. The summed E-state index contributed by atoms with van der Waals surface area (Å²) in [4.78, 5) is 99.5. The van der Waals surface area contributed by atoms with Crippen molar-refractivity contribution in [1.29, 1.82) is 5.41 Å². The second-order valence-electron chi connectivity index (χ2n) is 16.6. The standard InChI is InChI=1S/C45H66N12O8/c1-27(2)38(43(64)52-26-37(58)59)56-42(63)36-19-12-22-57(36)44(65)33(17-9-10-20-46)54-41(62)35(24-29-25-51-31-16-8-7-15-30(29)31)55-39(60)32(18-11-21-50-45(47)48)53-40(61)34(49-3)23-28-13-5-4-6-14-28/h4-8,13-16,25,27,32-36,38,49,51H,9-12,17-24,26,46H2,1-3H3,(H,52,64)(H,53,61)(H,54,62)(H,55,60)(H,56,63)(H,58,59)(H4,47,48,50). The fraction of sp³-hybridized carbons (Fsp3) is 0.511. The molecule has 0 saturated carbocycles. The molecule has 2 aromatic carbocycles. The summed E-state index contributed by atoms with van der Waals surface area (Å²) in [5, 5.41) is 36.8. The van der Waals surface area contributed by atoms with Crippen molar-refractivity contribution >= 4 is 58.3 Å². The average Bonchev–Trinajstić information content (AvgIpc) is 3.95. The highest BCUT2D eigenvalue weighted by atomic mass is 16.4. The molecule has 0 bridgehead atoms. The summed E-state index contributed by atoms with van der Waals surface area (Å²) in [5.41, 5.74) is 13.7. The van der Waals surface area contributed by atoms with Crippen molar-refractivity contribution < 1.29 is 38.7 Å². The summed E-state index contributed by atoms with van der Waals surface area (Å²) in [5.74, 6) is -5.46. The fourth-order valence-corrected chi connectivity index (χ4v) is 7.83. The molecule has 6 amide bonds. The van der Waals surface area contributed by atoms with Gasteiger partial charge in [-0.1, -0.05) is 62.4 Å². The molecule has 3 aromatic rings. The Hall–Kier alpha value is -6.54. The third-order valence-corrected chi connectivity index (χ3v) is 11.4. The number of H-pyrrole nitrogens is 1. The third-order valence-electron chi connectivity index (χ3n) is 11.4. The highest BCUT2D eigenvalue weighted by Crippen LogP contribution is 2.22. The van der Waals surface area contributed by atoms with E-state index < -0.39 is 90.1 Å². The monoisotopic (exact) mass is 903 g/mol. The summed E-state index contributed by atoms with van der Waals surface area (Å²) < 4.78 is 0. The van der Waals surface area contributed by atoms with Crippen LogP contribution < -0.4 is 48.7 Å². The number of carboxylic acids is 1. The first kappa shape index (κ1) is 51.1. The van der Waals surface area contributed by atoms with Gasteiger partial charge < -0.3 is 63.7 Å². The lowest BCUT2D eigenvalue weighted by Crippen LogP contribution is -2.60. The van der Waals surface area contributed by atoms with E-state index in [1.807, 2.05) is 54.6 Å². The molecule has 1 aliphatic heterocycles. The number of hydrogen-bond donors (Lipinski definition) is 12. The first-order valence-corrected chi connectivity index (χ1v) is 22.2. The van der Waals surface area contributed by atoms with E-state index in [1.54, 1.807) is 27.1 Å². The number of likely N-dealkylation sites (tertiary alicyclic amines) is 1. The van der Waals surface area contributed by atoms with Crippen molar-refractivity contribution in [3.63, 3.8) is 0 Å². The zero-order valence-corrected chi connectivity index (χ0v) is 37.4. The van der Waals surface area contributed by atoms with Gasteiger partial charge in [-0.2, -0.15) is 0 Å². The molecule has 0 spiro atoms. The molecule has 6 atom stereocenters. The SMILES string of the molecule is CNC(Cc1ccccc1)C(=O)NC(CCCNC(=N)N)C(=O)NC(Cc1c[nH]c2ccccc12)C(=O)NC(CCCCN)C(=O)N1CCCC1C(=O)NC(C(=O)NCC(=O)O)C(C)C. The number of aromatic amines is 1. The minimum atomic E-state index is -1.25. The first-order chi connectivity index (χ1) is 31.1. The maximum Gasteiger partial charge on any atom is 0.322 e. The number of nitrogens with one attached hydrogen (secondary N) is 9. The fourth-order valence-electron chi connectivity index (χ4n) is 7.83. The molecule has 1 saturated heterocycles. The number of likely N-dealkylation sites (N-methyl/N-ethyl adjacent to an activating group) is 1. The second kappa shape index (κ2) is 25.7. The lowest BCUT2D eigenvalue weighted by atomic mass is 10.0. The number of fused-ring (bicyclic) bond motifs is 1. The number of rotatable bonds is 26. The van der Waals surface area contributed by atoms with Gasteiger partial charge in [-0.3, -0.25) is 39.0 Å². The Morgan fingerprint density at radius 3 is 2.12 bits per heavy atom. The summed E-state index contributed by atoms with van der Waals surface area (Å²) in [6.07, 6.45) is 4.46. The van der Waals surface area contributed by atoms with Gasteiger partial charge in [0.05, 0.1) is 6.04 Å². The lowest BCUT2D eigenvalue weighted by molar-refractivity contribution is -0.143. The van der Waals surface area contributed by atoms with E-state index in [-0.39, 0.29) is 44.7 Å². The Morgan fingerprint density at radius 2 is 1.45 bits per heavy atom. The van der Waals surface area contributed by atoms with Crippen molar-refractivity contribution in [2.45, 2.75) is 108 Å². The molecule has 0 radical (unpaired) electrons. The highest BCUT2D eigenvalue weighted by molar-refractivity contribution is 5.97. The molecule has 354 valence electrons. The van der Waals surface area contributed by atoms with Gasteiger partial charge in [0.15, 0.2) is 5.96 Å². The molecule has 4 rings (SSSR count). The molecule has 14 N–H and O–H groups in total. The van der Waals surface area contributed by atoms with Crippen LogP contribution in [0.3, 0.4) is 0 Å². The molecule has 6 unspecified atom stereocenters. The number of nitrogens with two attached hydrogens (primary N) is 2. The van der Waals surface area contributed by atoms with Gasteiger partial charge in [-0.15, -0.1) is 0 Å². The number of aliphatic carboxylic acids is 1. The van der Waals surface area contributed by atoms with Crippen LogP contribution in [0.2, 0.25) is 0 Å². The largest absolute Gasteiger partial charge is 0.480 e. The highest BCUT2D eigenvalue weighted by Gasteiger charge is 2.40. The van der Waals surface area contributed by atoms with Gasteiger partial charge in [-0.25, -0.2) is 0 Å². The number of carbonyl (C=O) groups is 7. The molecule has 20 heteroatoms. The number of hydrogen-bond acceptors (Lipinski definition) is 10. The van der Waals surface area contributed by atoms with Crippen LogP contribution in [0.15, 0.2) is 60.8 Å². The number of guanidine groups is 1. The van der Waals surface area contributed by atoms with Crippen molar-refractivity contribution in [2.24, 2.45) is 17.4 Å². The van der Waals surface area contributed by atoms with E-state index in [1.165, 1.54) is 4.90 Å². The predicted molar refractivity (Wildman–Crippen MR) is 245 cm³/mol. The maximum atomic E-state index is 14.6. The normalized spacial score (nSPS) is 15.8. The number of unbranched alkanes of at least 4 members (excludes halogenated alkanes) is 1. The molecule has 65 heavy (non-hydrogen) atoms. The molecule has 1 aliphatic rings. The van der Waals surface area contributed by atoms with Crippen LogP contribution >= 0.6 is 0 Å². The smallest absolute Gasteiger partial charge is 0.322 e. The minimum absolute atomic E-state index is 0.000279. The number of para-hydroxylation sites is 1. The van der Waals surface area contributed by atoms with E-state index in [9.17, 15) is 33.6 Å². The van der Waals surface area contributed by atoms with Gasteiger partial charge >= 0.3 is 5.97 Å². The molecular formula is C45H66N12O8. The summed E-state index contributed by atoms with van der Waals surface area (Å²) in [6.45, 7) is 3.54. The van der Waals surface area contributed by atoms with Gasteiger partial charge in [0.1, 0.15) is 36.8 Å². The second-order valence-corrected chi connectivity index (χ2v) is 16.6. The lowest BCUT2D eigenvalue weighted by Gasteiger charge is -2.31. The molecule has 2 heterocycles. The maximum absolute atomic E-state index is 14.6. The van der Waals surface area contributed by atoms with Crippen molar-refractivity contribution in [2.75, 3.05) is 33.2 Å². The predicted octanol–water partition coefficient (Wildman–Crippen LogP) is -0.280. The van der Waals surface area contributed by atoms with E-state index in [0.29, 0.717) is 44.2 Å². The summed E-state index contributed by atoms with van der Waals surface area (Å²) in [7, 11) is 1.65. The molecular weight excluding hydrogens is 837 g/mol. The topological polar surface area (TPSA) is 319 Å². The van der Waals surface area contributed by atoms with Gasteiger partial charge in [0.2, 0.25) is 35.4 Å². The Bertz CT molecular complexity index is 2100. The molecule has 0 aliphatic carbocycles. The molecule has 20 nitrogen and oxygen atoms in total. The van der Waals surface area contributed by atoms with Crippen molar-refractivity contribution in [1.82, 2.24) is 47.1 Å². The Balaban J connectivity index is 1.61. The zero-order chi connectivity index (χ0) is 47.5. The van der Waals surface area contributed by atoms with Crippen molar-refractivity contribution in [3.8, 4) is 0 Å². The molecule has 1 aromatic heterocycles. The first-order valence-electron chi connectivity index (χ1n) is 22.2. The van der Waals surface area contributed by atoms with Crippen LogP contribution in [0.5, 0.6) is 0 Å². The van der Waals surface area contributed by atoms with Crippen LogP contribution in [0.4, 0.5) is 0 Å². The van der Waals surface area contributed by atoms with Gasteiger partial charge in [0, 0.05) is 36.6 Å². The minimum Gasteiger partial charge on any atom is -0.480 e. The average molecular weight is 903 g/mol. The number of carbonyl (C=O) groups excluding carboxylic acids is 6. The van der Waals surface area contributed by atoms with Crippen LogP contribution in [-0.2, 0) is 46.4 Å². The summed E-state index contributed by atoms with van der Waals surface area (Å²) in [6, 6.07) is 10.6. The molecule has 1 fully saturated rings. The Morgan fingerprint density at radius 1 is 0.800 bits per heavy atom. The Labute approximate surface area is 379 Å². The Kier molecular flexibility index (Phi) is 20.2. The zero-order valence-electron chi connectivity index (χ0n) is 37.4. The van der Waals surface area contributed by atoms with Crippen molar-refractivity contribution in [3.05, 3.63) is 71.9 Å². The number of amides is 6. The van der Waals surface area contributed by atoms with E-state index in [2.05, 4.69) is 42.2 Å². The van der Waals surface area contributed by atoms with Gasteiger partial charge in [0.25, 0.3) is 0 Å². The summed E-state index contributed by atoms with van der Waals surface area (Å²) >= 11 is 0. The van der Waals surface area contributed by atoms with Crippen LogP contribution in [0.1, 0.15) is 69.9 Å². The van der Waals surface area contributed by atoms with Gasteiger partial charge in [-0.05, 0) is 88.1 Å². The quantitative estimate of drug-likeness (QED) is 0.0281. The van der Waals surface area contributed by atoms with Crippen LogP contribution in [-0.4, -0.2) is 132 Å². The van der Waals surface area contributed by atoms with E-state index >= 15 is 0 Å². The van der Waals surface area contributed by atoms with E-state index in [0.717, 1.165) is 16.5 Å². The van der Waals surface area contributed by atoms with Crippen LogP contribution in [0, 0.1) is 11.3 Å². The van der Waals surface area contributed by atoms with Crippen LogP contribution in [0.25, 0.3) is 10.9 Å².